The fourth-order valence-corrected chi connectivity index (χ4v) is 12.1. The first kappa shape index (κ1) is 45.9. The molecule has 0 saturated carbocycles. The van der Waals surface area contributed by atoms with Gasteiger partial charge in [-0.3, -0.25) is 9.97 Å². The van der Waals surface area contributed by atoms with Crippen LogP contribution in [-0.2, 0) is 26.5 Å². The number of imidazole rings is 1. The van der Waals surface area contributed by atoms with E-state index in [1.807, 2.05) is 37.4 Å². The molecule has 7 heteroatoms. The molecule has 0 aliphatic carbocycles. The summed E-state index contributed by atoms with van der Waals surface area (Å²) in [4.78, 5) is 14.5. The number of para-hydroxylation sites is 2. The van der Waals surface area contributed by atoms with E-state index in [1.54, 1.807) is 4.40 Å². The standard InChI is InChI=1S/C38H34N3O.C18H24GeN.Ir/c1-22(2)30-20-27(26-12-8-7-9-13-26)21-31(23(3)4)35(30)41-33-15-11-10-14-32(33)40-38(41)29-17-16-24(5)34-28-18-19-39-25(6)36(28)42-37(29)34;1-14(2)11-16-12-18(15-9-7-6-8-10-15)20-13-17(16)19(3,4)5;/h7-16,18-23H,1-6H3;6-9,12-14H,11H2,1-5H3;/q2*-1;. The van der Waals surface area contributed by atoms with Crippen LogP contribution in [0.4, 0.5) is 0 Å². The summed E-state index contributed by atoms with van der Waals surface area (Å²) >= 11 is -1.86. The van der Waals surface area contributed by atoms with Gasteiger partial charge in [-0.2, -0.15) is 0 Å². The van der Waals surface area contributed by atoms with E-state index in [2.05, 4.69) is 179 Å². The van der Waals surface area contributed by atoms with Crippen LogP contribution in [0.2, 0.25) is 17.3 Å². The Kier molecular flexibility index (Phi) is 13.8. The number of hydrogen-bond acceptors (Lipinski definition) is 4. The Morgan fingerprint density at radius 2 is 1.41 bits per heavy atom. The molecule has 0 saturated heterocycles. The monoisotopic (exact) mass is 1070 g/mol. The second-order valence-corrected chi connectivity index (χ2v) is 29.3. The molecule has 0 N–H and O–H groups in total. The van der Waals surface area contributed by atoms with Crippen molar-refractivity contribution in [1.82, 2.24) is 19.5 Å². The van der Waals surface area contributed by atoms with Crippen molar-refractivity contribution < 1.29 is 24.5 Å². The molecule has 9 aromatic rings. The third kappa shape index (κ3) is 9.27. The third-order valence-electron chi connectivity index (χ3n) is 11.8. The van der Waals surface area contributed by atoms with Crippen LogP contribution in [-0.4, -0.2) is 32.8 Å². The minimum atomic E-state index is -1.86. The van der Waals surface area contributed by atoms with Crippen molar-refractivity contribution in [2.45, 2.75) is 90.9 Å². The molecule has 323 valence electrons. The SMILES string of the molecule is CC(C)Cc1cc(-c2[c-]cccc2)nc[c]1[Ge]([CH3])([CH3])[CH3].Cc1nccc2c1oc1c(-c3nc4ccccc4n3-c3c(C(C)C)cc(-c4ccccc4)cc3C(C)C)[c-]cc(C)c12.[Ir]. The second-order valence-electron chi connectivity index (χ2n) is 18.7. The van der Waals surface area contributed by atoms with Crippen molar-refractivity contribution in [2.24, 2.45) is 5.92 Å². The molecule has 9 rings (SSSR count). The van der Waals surface area contributed by atoms with Crippen LogP contribution in [0.1, 0.15) is 81.3 Å². The molecule has 0 unspecified atom stereocenters. The van der Waals surface area contributed by atoms with E-state index in [1.165, 1.54) is 33.5 Å². The van der Waals surface area contributed by atoms with E-state index in [9.17, 15) is 0 Å². The minimum absolute atomic E-state index is 0. The fourth-order valence-electron chi connectivity index (χ4n) is 8.72. The zero-order valence-corrected chi connectivity index (χ0v) is 43.0. The fraction of sp³-hybridized carbons (Fsp3) is 0.268. The van der Waals surface area contributed by atoms with Crippen molar-refractivity contribution >= 4 is 50.6 Å². The smallest absolute Gasteiger partial charge is 0.142 e. The second kappa shape index (κ2) is 18.9. The van der Waals surface area contributed by atoms with Crippen LogP contribution in [0.25, 0.3) is 72.4 Å². The Labute approximate surface area is 390 Å². The van der Waals surface area contributed by atoms with Gasteiger partial charge in [-0.15, -0.1) is 17.7 Å². The van der Waals surface area contributed by atoms with Crippen molar-refractivity contribution in [2.75, 3.05) is 0 Å². The number of nitrogens with zero attached hydrogens (tertiary/aromatic N) is 4. The Balaban J connectivity index is 0.000000239. The molecule has 0 aliphatic heterocycles. The molecule has 4 heterocycles. The van der Waals surface area contributed by atoms with Gasteiger partial charge >= 0.3 is 126 Å². The molecule has 0 aliphatic rings. The Morgan fingerprint density at radius 1 is 0.730 bits per heavy atom. The van der Waals surface area contributed by atoms with Gasteiger partial charge in [-0.25, -0.2) is 0 Å². The summed E-state index contributed by atoms with van der Waals surface area (Å²) in [6, 6.07) is 45.2. The van der Waals surface area contributed by atoms with Crippen molar-refractivity contribution in [3.63, 3.8) is 0 Å². The molecular weight excluding hydrogens is 1010 g/mol. The molecule has 0 atom stereocenters. The van der Waals surface area contributed by atoms with Gasteiger partial charge in [0, 0.05) is 37.4 Å². The van der Waals surface area contributed by atoms with Crippen molar-refractivity contribution in [3.8, 4) is 39.5 Å². The number of benzene rings is 5. The van der Waals surface area contributed by atoms with Crippen LogP contribution in [0.5, 0.6) is 0 Å². The first-order chi connectivity index (χ1) is 29.7. The maximum atomic E-state index is 6.62. The van der Waals surface area contributed by atoms with Gasteiger partial charge in [0.15, 0.2) is 0 Å². The van der Waals surface area contributed by atoms with Crippen LogP contribution < -0.4 is 4.40 Å². The molecule has 5 aromatic carbocycles. The number of rotatable bonds is 9. The molecule has 0 amide bonds. The van der Waals surface area contributed by atoms with Gasteiger partial charge in [-0.1, -0.05) is 88.0 Å². The predicted molar refractivity (Wildman–Crippen MR) is 264 cm³/mol. The molecule has 5 nitrogen and oxygen atoms in total. The molecule has 0 fully saturated rings. The van der Waals surface area contributed by atoms with Crippen LogP contribution >= 0.6 is 0 Å². The number of pyridine rings is 2. The summed E-state index contributed by atoms with van der Waals surface area (Å²) in [5, 5.41) is 2.17. The minimum Gasteiger partial charge on any atom is -0.499 e. The van der Waals surface area contributed by atoms with Crippen LogP contribution in [0, 0.1) is 31.9 Å². The van der Waals surface area contributed by atoms with Gasteiger partial charge in [-0.05, 0) is 71.3 Å². The first-order valence-corrected chi connectivity index (χ1v) is 29.4. The van der Waals surface area contributed by atoms with Crippen LogP contribution in [0.15, 0.2) is 126 Å². The van der Waals surface area contributed by atoms with Gasteiger partial charge in [0.05, 0.1) is 28.1 Å². The van der Waals surface area contributed by atoms with Crippen molar-refractivity contribution in [3.05, 3.63) is 162 Å². The van der Waals surface area contributed by atoms with Crippen molar-refractivity contribution in [1.29, 1.82) is 0 Å². The molecule has 0 bridgehead atoms. The number of aryl methyl sites for hydroxylation is 2. The zero-order valence-electron chi connectivity index (χ0n) is 38.5. The quantitative estimate of drug-likeness (QED) is 0.107. The molecule has 1 radical (unpaired) electrons. The van der Waals surface area contributed by atoms with Gasteiger partial charge in [0.1, 0.15) is 5.58 Å². The van der Waals surface area contributed by atoms with E-state index in [0.717, 1.165) is 73.3 Å². The summed E-state index contributed by atoms with van der Waals surface area (Å²) in [5.41, 5.74) is 16.4. The molecule has 0 spiro atoms. The maximum absolute atomic E-state index is 6.62. The maximum Gasteiger partial charge on any atom is 0.142 e. The van der Waals surface area contributed by atoms with Gasteiger partial charge in [0.2, 0.25) is 0 Å². The largest absolute Gasteiger partial charge is 0.499 e. The summed E-state index contributed by atoms with van der Waals surface area (Å²) in [6.45, 7) is 17.8. The van der Waals surface area contributed by atoms with Gasteiger partial charge < -0.3 is 8.98 Å². The zero-order chi connectivity index (χ0) is 43.9. The molecular formula is C56H58GeIrN4O-2. The average molecular weight is 1070 g/mol. The number of furan rings is 1. The summed E-state index contributed by atoms with van der Waals surface area (Å²) in [5.74, 6) is 9.41. The van der Waals surface area contributed by atoms with E-state index in [-0.39, 0.29) is 31.9 Å². The van der Waals surface area contributed by atoms with Gasteiger partial charge in [0.25, 0.3) is 0 Å². The summed E-state index contributed by atoms with van der Waals surface area (Å²) in [7, 11) is 0. The predicted octanol–water partition coefficient (Wildman–Crippen LogP) is 14.6. The normalized spacial score (nSPS) is 11.8. The first-order valence-electron chi connectivity index (χ1n) is 22.1. The Morgan fingerprint density at radius 3 is 2.06 bits per heavy atom. The van der Waals surface area contributed by atoms with E-state index in [0.29, 0.717) is 5.92 Å². The number of fused-ring (bicyclic) bond motifs is 4. The third-order valence-corrected chi connectivity index (χ3v) is 16.1. The van der Waals surface area contributed by atoms with E-state index >= 15 is 0 Å². The number of hydrogen-bond donors (Lipinski definition) is 0. The Hall–Kier alpha value is -5.14. The Bertz CT molecular complexity index is 3000. The average Bonchev–Trinajstić information content (AvgIpc) is 3.84. The van der Waals surface area contributed by atoms with E-state index in [4.69, 9.17) is 14.4 Å². The summed E-state index contributed by atoms with van der Waals surface area (Å²) in [6.07, 6.45) is 5.13. The molecule has 63 heavy (non-hydrogen) atoms. The van der Waals surface area contributed by atoms with E-state index < -0.39 is 13.3 Å². The number of aromatic nitrogens is 4. The van der Waals surface area contributed by atoms with Crippen LogP contribution in [0.3, 0.4) is 0 Å². The topological polar surface area (TPSA) is 56.7 Å². The summed E-state index contributed by atoms with van der Waals surface area (Å²) < 4.78 is 10.5. The molecule has 4 aromatic heterocycles.